The monoisotopic (exact) mass is 184 g/mol. The van der Waals surface area contributed by atoms with Gasteiger partial charge in [-0.15, -0.1) is 0 Å². The molecule has 0 spiro atoms. The molecular formula is C10H8N4. The Labute approximate surface area is 80.6 Å². The summed E-state index contributed by atoms with van der Waals surface area (Å²) >= 11 is 0. The second-order valence-electron chi connectivity index (χ2n) is 3.58. The van der Waals surface area contributed by atoms with E-state index in [1.807, 2.05) is 0 Å². The number of nitriles is 1. The Hall–Kier alpha value is -1.89. The van der Waals surface area contributed by atoms with E-state index >= 15 is 0 Å². The molecular weight excluding hydrogens is 176 g/mol. The molecule has 0 aliphatic heterocycles. The van der Waals surface area contributed by atoms with Crippen LogP contribution in [0.2, 0.25) is 0 Å². The summed E-state index contributed by atoms with van der Waals surface area (Å²) in [4.78, 5) is 11.3. The van der Waals surface area contributed by atoms with Gasteiger partial charge < -0.3 is 4.98 Å². The summed E-state index contributed by atoms with van der Waals surface area (Å²) in [6, 6.07) is 2.22. The third kappa shape index (κ3) is 0.925. The Bertz CT molecular complexity index is 531. The van der Waals surface area contributed by atoms with Crippen molar-refractivity contribution in [2.75, 3.05) is 0 Å². The number of H-pyrrole nitrogens is 1. The van der Waals surface area contributed by atoms with E-state index in [4.69, 9.17) is 5.26 Å². The van der Waals surface area contributed by atoms with Gasteiger partial charge in [-0.1, -0.05) is 0 Å². The predicted molar refractivity (Wildman–Crippen MR) is 50.6 cm³/mol. The molecule has 1 saturated carbocycles. The van der Waals surface area contributed by atoms with Crippen LogP contribution in [0.1, 0.15) is 30.0 Å². The summed E-state index contributed by atoms with van der Waals surface area (Å²) in [6.45, 7) is 0. The van der Waals surface area contributed by atoms with Crippen LogP contribution in [-0.2, 0) is 0 Å². The Kier molecular flexibility index (Phi) is 1.37. The van der Waals surface area contributed by atoms with Gasteiger partial charge in [-0.3, -0.25) is 0 Å². The quantitative estimate of drug-likeness (QED) is 0.733. The molecule has 1 aliphatic carbocycles. The second-order valence-corrected chi connectivity index (χ2v) is 3.58. The zero-order valence-electron chi connectivity index (χ0n) is 7.49. The van der Waals surface area contributed by atoms with E-state index < -0.39 is 0 Å². The molecule has 14 heavy (non-hydrogen) atoms. The molecule has 0 amide bonds. The Morgan fingerprint density at radius 3 is 3.07 bits per heavy atom. The average Bonchev–Trinajstić information content (AvgIpc) is 2.99. The summed E-state index contributed by atoms with van der Waals surface area (Å²) in [7, 11) is 0. The Balaban J connectivity index is 2.35. The molecule has 4 nitrogen and oxygen atoms in total. The number of hydrogen-bond donors (Lipinski definition) is 1. The first-order valence-corrected chi connectivity index (χ1v) is 4.62. The molecule has 68 valence electrons. The van der Waals surface area contributed by atoms with E-state index in [2.05, 4.69) is 21.0 Å². The number of aromatic nitrogens is 3. The minimum atomic E-state index is 0.541. The van der Waals surface area contributed by atoms with Gasteiger partial charge in [0.15, 0.2) is 0 Å². The lowest BCUT2D eigenvalue weighted by molar-refractivity contribution is 1.05. The van der Waals surface area contributed by atoms with Crippen LogP contribution in [0.15, 0.2) is 12.5 Å². The fourth-order valence-electron chi connectivity index (χ4n) is 1.75. The highest BCUT2D eigenvalue weighted by molar-refractivity contribution is 5.82. The van der Waals surface area contributed by atoms with Crippen molar-refractivity contribution in [1.29, 1.82) is 5.26 Å². The average molecular weight is 184 g/mol. The Morgan fingerprint density at radius 2 is 2.36 bits per heavy atom. The third-order valence-electron chi connectivity index (χ3n) is 2.59. The number of nitrogens with one attached hydrogen (secondary N) is 1. The lowest BCUT2D eigenvalue weighted by atomic mass is 10.2. The van der Waals surface area contributed by atoms with Gasteiger partial charge in [0.1, 0.15) is 17.9 Å². The smallest absolute Gasteiger partial charge is 0.116 e. The molecule has 3 rings (SSSR count). The largest absolute Gasteiger partial charge is 0.354 e. The van der Waals surface area contributed by atoms with Gasteiger partial charge in [-0.2, -0.15) is 5.26 Å². The van der Waals surface area contributed by atoms with E-state index in [0.29, 0.717) is 11.5 Å². The van der Waals surface area contributed by atoms with Gasteiger partial charge in [-0.25, -0.2) is 9.97 Å². The van der Waals surface area contributed by atoms with Crippen LogP contribution in [0.25, 0.3) is 11.0 Å². The van der Waals surface area contributed by atoms with Crippen molar-refractivity contribution in [2.45, 2.75) is 18.8 Å². The maximum atomic E-state index is 9.05. The zero-order chi connectivity index (χ0) is 9.54. The summed E-state index contributed by atoms with van der Waals surface area (Å²) in [5.74, 6) is 0.541. The molecule has 1 fully saturated rings. The van der Waals surface area contributed by atoms with E-state index in [-0.39, 0.29) is 0 Å². The lowest BCUT2D eigenvalue weighted by Gasteiger charge is -1.90. The molecule has 0 atom stereocenters. The van der Waals surface area contributed by atoms with Crippen molar-refractivity contribution in [3.8, 4) is 6.07 Å². The first kappa shape index (κ1) is 7.51. The summed E-state index contributed by atoms with van der Waals surface area (Å²) < 4.78 is 0. The first-order chi connectivity index (χ1) is 6.90. The molecule has 0 saturated heterocycles. The van der Waals surface area contributed by atoms with Crippen molar-refractivity contribution in [3.63, 3.8) is 0 Å². The molecule has 0 aromatic carbocycles. The first-order valence-electron chi connectivity index (χ1n) is 4.62. The highest BCUT2D eigenvalue weighted by atomic mass is 14.9. The number of rotatable bonds is 1. The molecule has 2 heterocycles. The van der Waals surface area contributed by atoms with Crippen LogP contribution in [0.5, 0.6) is 0 Å². The molecule has 2 aromatic heterocycles. The topological polar surface area (TPSA) is 65.4 Å². The molecule has 4 heteroatoms. The number of aromatic amines is 1. The number of fused-ring (bicyclic) bond motifs is 1. The molecule has 0 radical (unpaired) electrons. The standard InChI is InChI=1S/C10H8N4/c11-3-7-9(6-1-2-6)14-8-4-12-5-13-10(7)8/h4-6,14H,1-2H2. The number of nitrogens with zero attached hydrogens (tertiary/aromatic N) is 3. The van der Waals surface area contributed by atoms with Crippen LogP contribution in [0, 0.1) is 11.3 Å². The molecule has 1 N–H and O–H groups in total. The maximum Gasteiger partial charge on any atom is 0.116 e. The molecule has 0 unspecified atom stereocenters. The maximum absolute atomic E-state index is 9.05. The van der Waals surface area contributed by atoms with E-state index in [1.54, 1.807) is 6.20 Å². The van der Waals surface area contributed by atoms with Crippen molar-refractivity contribution >= 4 is 11.0 Å². The van der Waals surface area contributed by atoms with Crippen LogP contribution in [0.3, 0.4) is 0 Å². The van der Waals surface area contributed by atoms with Crippen molar-refractivity contribution < 1.29 is 0 Å². The van der Waals surface area contributed by atoms with Gasteiger partial charge in [0.25, 0.3) is 0 Å². The van der Waals surface area contributed by atoms with E-state index in [1.165, 1.54) is 19.2 Å². The van der Waals surface area contributed by atoms with Crippen molar-refractivity contribution in [3.05, 3.63) is 23.8 Å². The summed E-state index contributed by atoms with van der Waals surface area (Å²) in [5.41, 5.74) is 3.36. The van der Waals surface area contributed by atoms with Gasteiger partial charge in [0.05, 0.1) is 17.3 Å². The van der Waals surface area contributed by atoms with Crippen molar-refractivity contribution in [2.24, 2.45) is 0 Å². The van der Waals surface area contributed by atoms with Gasteiger partial charge in [0.2, 0.25) is 0 Å². The van der Waals surface area contributed by atoms with E-state index in [9.17, 15) is 0 Å². The molecule has 2 aromatic rings. The van der Waals surface area contributed by atoms with Gasteiger partial charge in [0, 0.05) is 11.6 Å². The van der Waals surface area contributed by atoms with E-state index in [0.717, 1.165) is 16.7 Å². The van der Waals surface area contributed by atoms with Gasteiger partial charge in [-0.05, 0) is 12.8 Å². The highest BCUT2D eigenvalue weighted by Gasteiger charge is 2.29. The minimum absolute atomic E-state index is 0.541. The lowest BCUT2D eigenvalue weighted by Crippen LogP contribution is -1.83. The summed E-state index contributed by atoms with van der Waals surface area (Å²) in [5, 5.41) is 9.05. The predicted octanol–water partition coefficient (Wildman–Crippen LogP) is 1.71. The van der Waals surface area contributed by atoms with Gasteiger partial charge >= 0.3 is 0 Å². The number of hydrogen-bond acceptors (Lipinski definition) is 3. The summed E-state index contributed by atoms with van der Waals surface area (Å²) in [6.07, 6.45) is 5.55. The van der Waals surface area contributed by atoms with Crippen LogP contribution < -0.4 is 0 Å². The molecule has 0 bridgehead atoms. The molecule has 1 aliphatic rings. The normalized spacial score (nSPS) is 15.6. The fourth-order valence-corrected chi connectivity index (χ4v) is 1.75. The zero-order valence-corrected chi connectivity index (χ0v) is 7.49. The van der Waals surface area contributed by atoms with Crippen molar-refractivity contribution in [1.82, 2.24) is 15.0 Å². The van der Waals surface area contributed by atoms with Crippen LogP contribution in [0.4, 0.5) is 0 Å². The Morgan fingerprint density at radius 1 is 1.50 bits per heavy atom. The van der Waals surface area contributed by atoms with Crippen LogP contribution >= 0.6 is 0 Å². The fraction of sp³-hybridized carbons (Fsp3) is 0.300. The second kappa shape index (κ2) is 2.55. The highest BCUT2D eigenvalue weighted by Crippen LogP contribution is 2.42. The third-order valence-corrected chi connectivity index (χ3v) is 2.59. The van der Waals surface area contributed by atoms with Crippen LogP contribution in [-0.4, -0.2) is 15.0 Å². The SMILES string of the molecule is N#Cc1c(C2CC2)[nH]c2cncnc12. The minimum Gasteiger partial charge on any atom is -0.354 e.